The molecule has 5 nitrogen and oxygen atoms in total. The Bertz CT molecular complexity index is 791. The van der Waals surface area contributed by atoms with Crippen LogP contribution in [-0.2, 0) is 4.79 Å². The van der Waals surface area contributed by atoms with Crippen molar-refractivity contribution in [3.8, 4) is 0 Å². The number of nitrogens with zero attached hydrogens (tertiary/aromatic N) is 2. The first-order chi connectivity index (χ1) is 10.1. The molecule has 2 aromatic heterocycles. The average molecular weight is 319 g/mol. The number of carbonyl (C=O) groups excluding carboxylic acids is 1. The van der Waals surface area contributed by atoms with Crippen LogP contribution < -0.4 is 11.1 Å². The number of rotatable bonds is 3. The van der Waals surface area contributed by atoms with Crippen LogP contribution in [0.15, 0.2) is 41.8 Å². The van der Waals surface area contributed by atoms with Gasteiger partial charge in [-0.1, -0.05) is 29.8 Å². The van der Waals surface area contributed by atoms with E-state index in [0.29, 0.717) is 11.0 Å². The third kappa shape index (κ3) is 2.87. The SMILES string of the molecule is NC(C(=O)Nc1nc2ccccc2nc1Cl)c1cccs1. The lowest BCUT2D eigenvalue weighted by Crippen LogP contribution is -2.27. The van der Waals surface area contributed by atoms with Crippen LogP contribution in [0.25, 0.3) is 11.0 Å². The maximum Gasteiger partial charge on any atom is 0.247 e. The van der Waals surface area contributed by atoms with Crippen molar-refractivity contribution >= 4 is 45.7 Å². The fourth-order valence-corrected chi connectivity index (χ4v) is 2.76. The van der Waals surface area contributed by atoms with Crippen LogP contribution >= 0.6 is 22.9 Å². The van der Waals surface area contributed by atoms with E-state index >= 15 is 0 Å². The van der Waals surface area contributed by atoms with Gasteiger partial charge in [-0.3, -0.25) is 4.79 Å². The Morgan fingerprint density at radius 2 is 1.90 bits per heavy atom. The summed E-state index contributed by atoms with van der Waals surface area (Å²) in [5.41, 5.74) is 7.22. The maximum atomic E-state index is 12.1. The summed E-state index contributed by atoms with van der Waals surface area (Å²) in [5, 5.41) is 4.63. The highest BCUT2D eigenvalue weighted by Crippen LogP contribution is 2.23. The number of nitrogens with two attached hydrogens (primary N) is 1. The molecule has 3 N–H and O–H groups in total. The number of aromatic nitrogens is 2. The van der Waals surface area contributed by atoms with Crippen molar-refractivity contribution in [1.29, 1.82) is 0 Å². The molecule has 0 aliphatic heterocycles. The number of carbonyl (C=O) groups is 1. The molecule has 1 aromatic carbocycles. The average Bonchev–Trinajstić information content (AvgIpc) is 3.01. The summed E-state index contributed by atoms with van der Waals surface area (Å²) in [6.45, 7) is 0. The van der Waals surface area contributed by atoms with Crippen molar-refractivity contribution in [3.63, 3.8) is 0 Å². The van der Waals surface area contributed by atoms with Gasteiger partial charge >= 0.3 is 0 Å². The number of amides is 1. The number of hydrogen-bond donors (Lipinski definition) is 2. The van der Waals surface area contributed by atoms with Gasteiger partial charge in [-0.2, -0.15) is 0 Å². The minimum absolute atomic E-state index is 0.139. The summed E-state index contributed by atoms with van der Waals surface area (Å²) in [4.78, 5) is 21.4. The van der Waals surface area contributed by atoms with Crippen molar-refractivity contribution in [2.75, 3.05) is 5.32 Å². The van der Waals surface area contributed by atoms with E-state index in [2.05, 4.69) is 15.3 Å². The van der Waals surface area contributed by atoms with E-state index in [0.717, 1.165) is 4.88 Å². The number of thiophene rings is 1. The molecule has 0 spiro atoms. The Morgan fingerprint density at radius 1 is 1.19 bits per heavy atom. The van der Waals surface area contributed by atoms with E-state index in [4.69, 9.17) is 17.3 Å². The van der Waals surface area contributed by atoms with E-state index in [9.17, 15) is 4.79 Å². The molecule has 3 rings (SSSR count). The lowest BCUT2D eigenvalue weighted by Gasteiger charge is -2.11. The summed E-state index contributed by atoms with van der Waals surface area (Å²) < 4.78 is 0. The van der Waals surface area contributed by atoms with Gasteiger partial charge in [0.15, 0.2) is 11.0 Å². The summed E-state index contributed by atoms with van der Waals surface area (Å²) in [5.74, 6) is -0.156. The van der Waals surface area contributed by atoms with Crippen LogP contribution in [-0.4, -0.2) is 15.9 Å². The second kappa shape index (κ2) is 5.77. The molecule has 1 unspecified atom stereocenters. The molecule has 106 valence electrons. The predicted octanol–water partition coefficient (Wildman–Crippen LogP) is 2.98. The second-order valence-corrected chi connectivity index (χ2v) is 5.67. The molecular formula is C14H11ClN4OS. The highest BCUT2D eigenvalue weighted by atomic mass is 35.5. The molecule has 0 saturated heterocycles. The largest absolute Gasteiger partial charge is 0.316 e. The van der Waals surface area contributed by atoms with Gasteiger partial charge in [-0.15, -0.1) is 11.3 Å². The number of hydrogen-bond acceptors (Lipinski definition) is 5. The number of benzene rings is 1. The first-order valence-corrected chi connectivity index (χ1v) is 7.43. The van der Waals surface area contributed by atoms with Crippen LogP contribution in [0, 0.1) is 0 Å². The number of fused-ring (bicyclic) bond motifs is 1. The lowest BCUT2D eigenvalue weighted by atomic mass is 10.2. The molecule has 0 saturated carbocycles. The molecule has 0 bridgehead atoms. The molecule has 0 radical (unpaired) electrons. The van der Waals surface area contributed by atoms with Gasteiger partial charge in [0.05, 0.1) is 11.0 Å². The second-order valence-electron chi connectivity index (χ2n) is 4.33. The van der Waals surface area contributed by atoms with Crippen LogP contribution in [0.1, 0.15) is 10.9 Å². The minimum atomic E-state index is -0.755. The third-order valence-electron chi connectivity index (χ3n) is 2.90. The molecule has 0 fully saturated rings. The Labute approximate surface area is 129 Å². The normalized spacial score (nSPS) is 12.3. The topological polar surface area (TPSA) is 80.9 Å². The first-order valence-electron chi connectivity index (χ1n) is 6.17. The Morgan fingerprint density at radius 3 is 2.57 bits per heavy atom. The predicted molar refractivity (Wildman–Crippen MR) is 84.4 cm³/mol. The quantitative estimate of drug-likeness (QED) is 0.778. The monoisotopic (exact) mass is 318 g/mol. The van der Waals surface area contributed by atoms with E-state index in [1.54, 1.807) is 12.1 Å². The van der Waals surface area contributed by atoms with Crippen LogP contribution in [0.2, 0.25) is 5.15 Å². The van der Waals surface area contributed by atoms with Crippen LogP contribution in [0.4, 0.5) is 5.82 Å². The van der Waals surface area contributed by atoms with Crippen molar-refractivity contribution in [3.05, 3.63) is 51.8 Å². The van der Waals surface area contributed by atoms with E-state index in [1.165, 1.54) is 11.3 Å². The summed E-state index contributed by atoms with van der Waals surface area (Å²) in [6.07, 6.45) is 0. The van der Waals surface area contributed by atoms with Crippen LogP contribution in [0.3, 0.4) is 0 Å². The maximum absolute atomic E-state index is 12.1. The van der Waals surface area contributed by atoms with Gasteiger partial charge in [0.1, 0.15) is 6.04 Å². The van der Waals surface area contributed by atoms with Gasteiger partial charge in [-0.25, -0.2) is 9.97 Å². The zero-order valence-electron chi connectivity index (χ0n) is 10.8. The molecule has 1 atom stereocenters. The number of nitrogens with one attached hydrogen (secondary N) is 1. The van der Waals surface area contributed by atoms with E-state index in [1.807, 2.05) is 29.6 Å². The van der Waals surface area contributed by atoms with Gasteiger partial charge < -0.3 is 11.1 Å². The highest BCUT2D eigenvalue weighted by molar-refractivity contribution is 7.10. The zero-order valence-corrected chi connectivity index (χ0v) is 12.4. The van der Waals surface area contributed by atoms with Crippen molar-refractivity contribution in [1.82, 2.24) is 9.97 Å². The highest BCUT2D eigenvalue weighted by Gasteiger charge is 2.19. The smallest absolute Gasteiger partial charge is 0.247 e. The fraction of sp³-hybridized carbons (Fsp3) is 0.0714. The summed E-state index contributed by atoms with van der Waals surface area (Å²) in [7, 11) is 0. The zero-order chi connectivity index (χ0) is 14.8. The molecule has 21 heavy (non-hydrogen) atoms. The number of anilines is 1. The Kier molecular flexibility index (Phi) is 3.83. The lowest BCUT2D eigenvalue weighted by molar-refractivity contribution is -0.117. The van der Waals surface area contributed by atoms with Crippen LogP contribution in [0.5, 0.6) is 0 Å². The standard InChI is InChI=1S/C14H11ClN4OS/c15-12-13(18-9-5-2-1-4-8(9)17-12)19-14(20)11(16)10-6-3-7-21-10/h1-7,11H,16H2,(H,18,19,20). The van der Waals surface area contributed by atoms with Crippen molar-refractivity contribution in [2.45, 2.75) is 6.04 Å². The molecule has 0 aliphatic carbocycles. The van der Waals surface area contributed by atoms with E-state index in [-0.39, 0.29) is 16.9 Å². The van der Waals surface area contributed by atoms with Gasteiger partial charge in [0, 0.05) is 4.88 Å². The van der Waals surface area contributed by atoms with Crippen molar-refractivity contribution in [2.24, 2.45) is 5.73 Å². The molecular weight excluding hydrogens is 308 g/mol. The molecule has 2 heterocycles. The van der Waals surface area contributed by atoms with Gasteiger partial charge in [0.2, 0.25) is 5.91 Å². The van der Waals surface area contributed by atoms with Gasteiger partial charge in [-0.05, 0) is 23.6 Å². The van der Waals surface area contributed by atoms with Gasteiger partial charge in [0.25, 0.3) is 0 Å². The Balaban J connectivity index is 1.87. The fourth-order valence-electron chi connectivity index (χ4n) is 1.85. The Hall–Kier alpha value is -2.02. The molecule has 0 aliphatic rings. The third-order valence-corrected chi connectivity index (χ3v) is 4.12. The number of halogens is 1. The minimum Gasteiger partial charge on any atom is -0.316 e. The summed E-state index contributed by atoms with van der Waals surface area (Å²) in [6, 6.07) is 10.2. The van der Waals surface area contributed by atoms with Crippen molar-refractivity contribution < 1.29 is 4.79 Å². The number of para-hydroxylation sites is 2. The molecule has 1 amide bonds. The molecule has 7 heteroatoms. The molecule has 3 aromatic rings. The first kappa shape index (κ1) is 13.9. The summed E-state index contributed by atoms with van der Waals surface area (Å²) >= 11 is 7.47. The van der Waals surface area contributed by atoms with E-state index < -0.39 is 6.04 Å².